The van der Waals surface area contributed by atoms with Crippen molar-refractivity contribution in [1.82, 2.24) is 0 Å². The van der Waals surface area contributed by atoms with Gasteiger partial charge in [0.15, 0.2) is 12.4 Å². The normalized spacial score (nSPS) is 12.0. The van der Waals surface area contributed by atoms with Crippen LogP contribution in [0.3, 0.4) is 0 Å². The zero-order valence-corrected chi connectivity index (χ0v) is 38.3. The number of Topliss-reactive ketones (excluding diaryl/α,β-unsaturated/α-hetero) is 1. The Morgan fingerprint density at radius 1 is 0.339 bits per heavy atom. The molecule has 0 aliphatic carbocycles. The first-order valence-corrected chi connectivity index (χ1v) is 25.8. The van der Waals surface area contributed by atoms with Crippen LogP contribution in [-0.4, -0.2) is 24.1 Å². The van der Waals surface area contributed by atoms with Gasteiger partial charge in [-0.2, -0.15) is 0 Å². The first-order chi connectivity index (χ1) is 27.7. The fraction of sp³-hybridized carbons (Fsp3) is 0.942. The summed E-state index contributed by atoms with van der Waals surface area (Å²) in [7, 11) is 0. The van der Waals surface area contributed by atoms with E-state index in [0.717, 1.165) is 38.5 Å². The minimum absolute atomic E-state index is 0.322. The molecular weight excluding hydrogens is 689 g/mol. The number of esters is 1. The first kappa shape index (κ1) is 54.8. The standard InChI is InChI=1S/C52H100O4/c1-3-5-7-9-11-13-15-17-19-21-23-25-26-28-30-32-34-36-38-40-42-44-46-48-52(55)56-51(50(54)49-53)47-45-43-41-39-37-35-33-31-29-27-24-22-20-18-16-14-12-10-8-6-4-2/h49,51H,3-48H2,1-2H3. The van der Waals surface area contributed by atoms with Gasteiger partial charge in [0, 0.05) is 6.42 Å². The Morgan fingerprint density at radius 3 is 0.786 bits per heavy atom. The summed E-state index contributed by atoms with van der Waals surface area (Å²) in [5.41, 5.74) is 0. The van der Waals surface area contributed by atoms with Gasteiger partial charge in [0.05, 0.1) is 0 Å². The lowest BCUT2D eigenvalue weighted by Gasteiger charge is -2.14. The van der Waals surface area contributed by atoms with Crippen molar-refractivity contribution in [1.29, 1.82) is 0 Å². The van der Waals surface area contributed by atoms with E-state index in [-0.39, 0.29) is 5.97 Å². The second-order valence-corrected chi connectivity index (χ2v) is 17.9. The molecule has 0 radical (unpaired) electrons. The summed E-state index contributed by atoms with van der Waals surface area (Å²) in [5, 5.41) is 0. The van der Waals surface area contributed by atoms with Crippen molar-refractivity contribution in [3.8, 4) is 0 Å². The molecule has 1 unspecified atom stereocenters. The Kier molecular flexibility index (Phi) is 47.2. The van der Waals surface area contributed by atoms with Gasteiger partial charge < -0.3 is 4.74 Å². The Hall–Kier alpha value is -1.19. The molecule has 4 heteroatoms. The quantitative estimate of drug-likeness (QED) is 0.0267. The highest BCUT2D eigenvalue weighted by atomic mass is 16.5. The third-order valence-electron chi connectivity index (χ3n) is 12.3. The van der Waals surface area contributed by atoms with Crippen molar-refractivity contribution in [2.75, 3.05) is 0 Å². The van der Waals surface area contributed by atoms with E-state index >= 15 is 0 Å². The van der Waals surface area contributed by atoms with Crippen LogP contribution >= 0.6 is 0 Å². The summed E-state index contributed by atoms with van der Waals surface area (Å²) in [6, 6.07) is 0. The lowest BCUT2D eigenvalue weighted by molar-refractivity contribution is -0.156. The molecule has 0 aromatic carbocycles. The number of hydrogen-bond acceptors (Lipinski definition) is 4. The molecule has 0 aliphatic rings. The van der Waals surface area contributed by atoms with Gasteiger partial charge >= 0.3 is 5.97 Å². The van der Waals surface area contributed by atoms with Gasteiger partial charge in [-0.25, -0.2) is 0 Å². The highest BCUT2D eigenvalue weighted by Gasteiger charge is 2.21. The molecular formula is C52H100O4. The average Bonchev–Trinajstić information content (AvgIpc) is 3.20. The van der Waals surface area contributed by atoms with Crippen LogP contribution in [0, 0.1) is 0 Å². The zero-order valence-electron chi connectivity index (χ0n) is 38.3. The van der Waals surface area contributed by atoms with Crippen LogP contribution in [0.25, 0.3) is 0 Å². The Bertz CT molecular complexity index is 794. The maximum atomic E-state index is 12.4. The molecule has 0 aliphatic heterocycles. The summed E-state index contributed by atoms with van der Waals surface area (Å²) < 4.78 is 5.48. The van der Waals surface area contributed by atoms with E-state index < -0.39 is 11.9 Å². The van der Waals surface area contributed by atoms with Gasteiger partial charge in [0.2, 0.25) is 5.78 Å². The predicted octanol–water partition coefficient (Wildman–Crippen LogP) is 17.7. The number of carbonyl (C=O) groups is 3. The van der Waals surface area contributed by atoms with Gasteiger partial charge in [0.1, 0.15) is 0 Å². The minimum atomic E-state index is -0.884. The largest absolute Gasteiger partial charge is 0.454 e. The maximum absolute atomic E-state index is 12.4. The van der Waals surface area contributed by atoms with Crippen LogP contribution in [0.5, 0.6) is 0 Å². The highest BCUT2D eigenvalue weighted by molar-refractivity contribution is 6.27. The molecule has 0 heterocycles. The molecule has 0 aromatic heterocycles. The number of ether oxygens (including phenoxy) is 1. The molecule has 1 atom stereocenters. The Labute approximate surface area is 351 Å². The van der Waals surface area contributed by atoms with E-state index in [4.69, 9.17) is 4.74 Å². The molecule has 56 heavy (non-hydrogen) atoms. The summed E-state index contributed by atoms with van der Waals surface area (Å²) in [6.45, 7) is 4.58. The molecule has 0 saturated carbocycles. The minimum Gasteiger partial charge on any atom is -0.454 e. The Balaban J connectivity index is 3.51. The maximum Gasteiger partial charge on any atom is 0.306 e. The summed E-state index contributed by atoms with van der Waals surface area (Å²) >= 11 is 0. The van der Waals surface area contributed by atoms with E-state index in [2.05, 4.69) is 13.8 Å². The zero-order chi connectivity index (χ0) is 40.7. The molecule has 0 spiro atoms. The number of aldehydes is 1. The second-order valence-electron chi connectivity index (χ2n) is 17.9. The molecule has 0 aromatic rings. The van der Waals surface area contributed by atoms with Crippen molar-refractivity contribution < 1.29 is 19.1 Å². The van der Waals surface area contributed by atoms with Gasteiger partial charge in [-0.1, -0.05) is 284 Å². The molecule has 0 fully saturated rings. The fourth-order valence-corrected chi connectivity index (χ4v) is 8.37. The van der Waals surface area contributed by atoms with Crippen LogP contribution in [0.1, 0.15) is 309 Å². The van der Waals surface area contributed by atoms with E-state index in [9.17, 15) is 14.4 Å². The highest BCUT2D eigenvalue weighted by Crippen LogP contribution is 2.18. The van der Waals surface area contributed by atoms with Crippen LogP contribution < -0.4 is 0 Å². The predicted molar refractivity (Wildman–Crippen MR) is 245 cm³/mol. The average molecular weight is 789 g/mol. The van der Waals surface area contributed by atoms with Crippen molar-refractivity contribution in [2.24, 2.45) is 0 Å². The van der Waals surface area contributed by atoms with E-state index in [1.807, 2.05) is 0 Å². The van der Waals surface area contributed by atoms with Crippen LogP contribution in [-0.2, 0) is 19.1 Å². The van der Waals surface area contributed by atoms with Crippen LogP contribution in [0.4, 0.5) is 0 Å². The number of ketones is 1. The molecule has 0 N–H and O–H groups in total. The SMILES string of the molecule is CCCCCCCCCCCCCCCCCCCCCCCCCC(=O)OC(CCCCCCCCCCCCCCCCCCCCCCC)C(=O)C=O. The lowest BCUT2D eigenvalue weighted by Crippen LogP contribution is -2.28. The van der Waals surface area contributed by atoms with Gasteiger partial charge in [-0.3, -0.25) is 14.4 Å². The molecule has 0 amide bonds. The molecule has 0 saturated heterocycles. The van der Waals surface area contributed by atoms with E-state index in [0.29, 0.717) is 19.1 Å². The van der Waals surface area contributed by atoms with Gasteiger partial charge in [-0.05, 0) is 19.3 Å². The van der Waals surface area contributed by atoms with E-state index in [1.165, 1.54) is 244 Å². The first-order valence-electron chi connectivity index (χ1n) is 25.8. The molecule has 0 rings (SSSR count). The van der Waals surface area contributed by atoms with Gasteiger partial charge in [0.25, 0.3) is 0 Å². The third kappa shape index (κ3) is 43.9. The van der Waals surface area contributed by atoms with Crippen LogP contribution in [0.15, 0.2) is 0 Å². The Morgan fingerprint density at radius 2 is 0.554 bits per heavy atom. The van der Waals surface area contributed by atoms with Crippen molar-refractivity contribution in [2.45, 2.75) is 315 Å². The summed E-state index contributed by atoms with van der Waals surface area (Å²) in [4.78, 5) is 35.7. The fourth-order valence-electron chi connectivity index (χ4n) is 8.37. The van der Waals surface area contributed by atoms with Crippen LogP contribution in [0.2, 0.25) is 0 Å². The number of hydrogen-bond donors (Lipinski definition) is 0. The molecule has 4 nitrogen and oxygen atoms in total. The summed E-state index contributed by atoms with van der Waals surface area (Å²) in [6.07, 6.45) is 59.3. The summed E-state index contributed by atoms with van der Waals surface area (Å²) in [5.74, 6) is -0.909. The number of unbranched alkanes of at least 4 members (excludes halogenated alkanes) is 42. The third-order valence-corrected chi connectivity index (χ3v) is 12.3. The monoisotopic (exact) mass is 789 g/mol. The number of rotatable bonds is 49. The molecule has 332 valence electrons. The topological polar surface area (TPSA) is 60.4 Å². The van der Waals surface area contributed by atoms with Crippen molar-refractivity contribution in [3.63, 3.8) is 0 Å². The van der Waals surface area contributed by atoms with Crippen molar-refractivity contribution >= 4 is 18.0 Å². The van der Waals surface area contributed by atoms with E-state index in [1.54, 1.807) is 0 Å². The second kappa shape index (κ2) is 48.2. The molecule has 0 bridgehead atoms. The number of carbonyl (C=O) groups excluding carboxylic acids is 3. The smallest absolute Gasteiger partial charge is 0.306 e. The van der Waals surface area contributed by atoms with Gasteiger partial charge in [-0.15, -0.1) is 0 Å². The van der Waals surface area contributed by atoms with Crippen molar-refractivity contribution in [3.05, 3.63) is 0 Å². The lowest BCUT2D eigenvalue weighted by atomic mass is 10.0.